The van der Waals surface area contributed by atoms with Crippen molar-refractivity contribution in [3.05, 3.63) is 106 Å². The van der Waals surface area contributed by atoms with Gasteiger partial charge in [0.05, 0.1) is 12.8 Å². The van der Waals surface area contributed by atoms with Crippen LogP contribution in [0.4, 0.5) is 0 Å². The van der Waals surface area contributed by atoms with E-state index >= 15 is 0 Å². The first-order valence-electron chi connectivity index (χ1n) is 11.9. The van der Waals surface area contributed by atoms with E-state index in [0.717, 1.165) is 34.6 Å². The summed E-state index contributed by atoms with van der Waals surface area (Å²) in [4.78, 5) is 36.1. The number of hydrazone groups is 1. The summed E-state index contributed by atoms with van der Waals surface area (Å²) in [7, 11) is 0. The zero-order valence-corrected chi connectivity index (χ0v) is 21.0. The first-order valence-corrected chi connectivity index (χ1v) is 12.3. The fourth-order valence-electron chi connectivity index (χ4n) is 3.49. The molecule has 192 valence electrons. The number of aliphatic hydroxyl groups excluding tert-OH is 1. The van der Waals surface area contributed by atoms with Crippen molar-refractivity contribution in [1.82, 2.24) is 16.1 Å². The smallest absolute Gasteiger partial charge is 0.271 e. The van der Waals surface area contributed by atoms with Crippen molar-refractivity contribution in [2.24, 2.45) is 5.10 Å². The van der Waals surface area contributed by atoms with Gasteiger partial charge in [-0.2, -0.15) is 5.10 Å². The summed E-state index contributed by atoms with van der Waals surface area (Å²) >= 11 is 6.24. The predicted molar refractivity (Wildman–Crippen MR) is 144 cm³/mol. The second-order valence-corrected chi connectivity index (χ2v) is 8.60. The minimum absolute atomic E-state index is 0.106. The van der Waals surface area contributed by atoms with Crippen LogP contribution in [0, 0.1) is 0 Å². The number of carbonyl (C=O) groups is 3. The third-order valence-electron chi connectivity index (χ3n) is 5.45. The number of aliphatic hydroxyl groups is 1. The van der Waals surface area contributed by atoms with E-state index in [-0.39, 0.29) is 37.9 Å². The Morgan fingerprint density at radius 3 is 2.30 bits per heavy atom. The number of halogens is 1. The van der Waals surface area contributed by atoms with Crippen LogP contribution in [-0.4, -0.2) is 48.7 Å². The summed E-state index contributed by atoms with van der Waals surface area (Å²) in [5.74, 6) is -1.02. The van der Waals surface area contributed by atoms with Gasteiger partial charge in [0.25, 0.3) is 11.8 Å². The molecule has 0 aliphatic carbocycles. The molecule has 8 nitrogen and oxygen atoms in total. The molecular formula is C28H29ClN4O4. The van der Waals surface area contributed by atoms with Crippen LogP contribution in [0.5, 0.6) is 0 Å². The van der Waals surface area contributed by atoms with Crippen molar-refractivity contribution >= 4 is 35.5 Å². The van der Waals surface area contributed by atoms with Crippen LogP contribution in [0.3, 0.4) is 0 Å². The first kappa shape index (κ1) is 27.6. The van der Waals surface area contributed by atoms with E-state index in [2.05, 4.69) is 21.2 Å². The van der Waals surface area contributed by atoms with E-state index in [1.807, 2.05) is 48.5 Å². The van der Waals surface area contributed by atoms with E-state index in [9.17, 15) is 14.4 Å². The van der Waals surface area contributed by atoms with Gasteiger partial charge in [0.1, 0.15) is 0 Å². The number of nitrogens with zero attached hydrogens (tertiary/aromatic N) is 1. The molecule has 0 spiro atoms. The second-order valence-electron chi connectivity index (χ2n) is 8.19. The average Bonchev–Trinajstić information content (AvgIpc) is 2.91. The molecule has 0 unspecified atom stereocenters. The van der Waals surface area contributed by atoms with Crippen LogP contribution in [0.15, 0.2) is 77.9 Å². The third-order valence-corrected chi connectivity index (χ3v) is 5.82. The molecule has 4 N–H and O–H groups in total. The molecule has 3 rings (SSSR count). The molecule has 0 bridgehead atoms. The van der Waals surface area contributed by atoms with E-state index < -0.39 is 5.91 Å². The summed E-state index contributed by atoms with van der Waals surface area (Å²) in [5, 5.41) is 18.6. The number of rotatable bonds is 12. The Kier molecular flexibility index (Phi) is 10.8. The molecule has 37 heavy (non-hydrogen) atoms. The molecule has 3 aromatic rings. The van der Waals surface area contributed by atoms with Crippen molar-refractivity contribution in [3.8, 4) is 0 Å². The Balaban J connectivity index is 1.46. The van der Waals surface area contributed by atoms with Crippen LogP contribution >= 0.6 is 11.6 Å². The second kappa shape index (κ2) is 14.5. The number of hydrogen-bond acceptors (Lipinski definition) is 5. The van der Waals surface area contributed by atoms with Crippen molar-refractivity contribution in [2.75, 3.05) is 19.7 Å². The summed E-state index contributed by atoms with van der Waals surface area (Å²) in [6, 6.07) is 21.8. The van der Waals surface area contributed by atoms with E-state index in [1.54, 1.807) is 6.21 Å². The molecule has 3 aromatic carbocycles. The molecule has 0 atom stereocenters. The maximum Gasteiger partial charge on any atom is 0.271 e. The average molecular weight is 521 g/mol. The highest BCUT2D eigenvalue weighted by atomic mass is 35.5. The Morgan fingerprint density at radius 2 is 1.57 bits per heavy atom. The maximum absolute atomic E-state index is 12.4. The number of aryl methyl sites for hydroxylation is 2. The molecule has 0 aliphatic heterocycles. The van der Waals surface area contributed by atoms with Crippen LogP contribution < -0.4 is 16.1 Å². The van der Waals surface area contributed by atoms with E-state index in [1.165, 1.54) is 24.3 Å². The lowest BCUT2D eigenvalue weighted by atomic mass is 10.0. The lowest BCUT2D eigenvalue weighted by molar-refractivity contribution is -0.121. The summed E-state index contributed by atoms with van der Waals surface area (Å²) in [6.07, 6.45) is 3.34. The molecule has 0 saturated carbocycles. The van der Waals surface area contributed by atoms with Crippen molar-refractivity contribution in [1.29, 1.82) is 0 Å². The van der Waals surface area contributed by atoms with Gasteiger partial charge < -0.3 is 15.7 Å². The van der Waals surface area contributed by atoms with Gasteiger partial charge in [-0.05, 0) is 59.9 Å². The number of hydrogen-bond donors (Lipinski definition) is 4. The Bertz CT molecular complexity index is 1240. The Morgan fingerprint density at radius 1 is 0.838 bits per heavy atom. The summed E-state index contributed by atoms with van der Waals surface area (Å²) < 4.78 is 0. The molecule has 0 saturated heterocycles. The molecule has 0 heterocycles. The van der Waals surface area contributed by atoms with Crippen molar-refractivity contribution in [2.45, 2.75) is 19.3 Å². The van der Waals surface area contributed by atoms with Crippen LogP contribution in [-0.2, 0) is 17.6 Å². The van der Waals surface area contributed by atoms with E-state index in [0.29, 0.717) is 11.1 Å². The zero-order valence-electron chi connectivity index (χ0n) is 20.2. The van der Waals surface area contributed by atoms with Gasteiger partial charge in [0.15, 0.2) is 0 Å². The van der Waals surface area contributed by atoms with Gasteiger partial charge in [0, 0.05) is 35.7 Å². The Hall–Kier alpha value is -4.01. The van der Waals surface area contributed by atoms with Gasteiger partial charge >= 0.3 is 0 Å². The lowest BCUT2D eigenvalue weighted by Crippen LogP contribution is -2.32. The van der Waals surface area contributed by atoms with Crippen LogP contribution in [0.25, 0.3) is 0 Å². The molecule has 0 radical (unpaired) electrons. The fraction of sp³-hybridized carbons (Fsp3) is 0.214. The number of nitrogens with one attached hydrogen (secondary N) is 3. The number of carbonyl (C=O) groups excluding carboxylic acids is 3. The number of amides is 3. The minimum atomic E-state index is -0.404. The predicted octanol–water partition coefficient (Wildman–Crippen LogP) is 3.12. The fourth-order valence-corrected chi connectivity index (χ4v) is 3.72. The zero-order chi connectivity index (χ0) is 26.5. The minimum Gasteiger partial charge on any atom is -0.395 e. The van der Waals surface area contributed by atoms with Gasteiger partial charge in [-0.25, -0.2) is 5.43 Å². The maximum atomic E-state index is 12.4. The van der Waals surface area contributed by atoms with Gasteiger partial charge in [-0.1, -0.05) is 54.1 Å². The monoisotopic (exact) mass is 520 g/mol. The Labute approximate surface area is 220 Å². The van der Waals surface area contributed by atoms with Crippen LogP contribution in [0.2, 0.25) is 5.02 Å². The lowest BCUT2D eigenvalue weighted by Gasteiger charge is -2.07. The molecular weight excluding hydrogens is 492 g/mol. The van der Waals surface area contributed by atoms with Crippen LogP contribution in [0.1, 0.15) is 43.8 Å². The highest BCUT2D eigenvalue weighted by Gasteiger charge is 2.09. The molecule has 0 aliphatic rings. The highest BCUT2D eigenvalue weighted by molar-refractivity contribution is 6.31. The first-order chi connectivity index (χ1) is 18.0. The third kappa shape index (κ3) is 9.18. The molecule has 0 aromatic heterocycles. The number of benzene rings is 3. The summed E-state index contributed by atoms with van der Waals surface area (Å²) in [5.41, 5.74) is 6.30. The van der Waals surface area contributed by atoms with E-state index in [4.69, 9.17) is 16.7 Å². The van der Waals surface area contributed by atoms with Gasteiger partial charge in [-0.3, -0.25) is 14.4 Å². The summed E-state index contributed by atoms with van der Waals surface area (Å²) in [6.45, 7) is 0.202. The quantitative estimate of drug-likeness (QED) is 0.217. The normalized spacial score (nSPS) is 10.8. The van der Waals surface area contributed by atoms with Gasteiger partial charge in [-0.15, -0.1) is 0 Å². The van der Waals surface area contributed by atoms with Crippen molar-refractivity contribution in [3.63, 3.8) is 0 Å². The molecule has 3 amide bonds. The SMILES string of the molecule is O=C(CCNC(=O)c1ccc(C(=O)N/N=C/c2cccc(CCc3ccccc3Cl)c2)cc1)NCCO. The standard InChI is InChI=1S/C28H29ClN4O4/c29-25-7-2-1-6-22(25)9-8-20-4-3-5-21(18-20)19-32-33-28(37)24-12-10-23(11-13-24)27(36)31-15-14-26(35)30-16-17-34/h1-7,10-13,18-19,34H,8-9,14-17H2,(H,30,35)(H,31,36)(H,33,37)/b32-19+. The topological polar surface area (TPSA) is 120 Å². The molecule has 9 heteroatoms. The highest BCUT2D eigenvalue weighted by Crippen LogP contribution is 2.17. The molecule has 0 fully saturated rings. The van der Waals surface area contributed by atoms with Gasteiger partial charge in [0.2, 0.25) is 5.91 Å². The largest absolute Gasteiger partial charge is 0.395 e. The van der Waals surface area contributed by atoms with Crippen molar-refractivity contribution < 1.29 is 19.5 Å².